The average Bonchev–Trinajstić information content (AvgIpc) is 2.57. The van der Waals surface area contributed by atoms with Crippen LogP contribution in [0.5, 0.6) is 0 Å². The summed E-state index contributed by atoms with van der Waals surface area (Å²) in [5.41, 5.74) is 3.93. The van der Waals surface area contributed by atoms with Crippen molar-refractivity contribution in [2.45, 2.75) is 26.4 Å². The molecule has 23 heavy (non-hydrogen) atoms. The second-order valence-corrected chi connectivity index (χ2v) is 6.04. The summed E-state index contributed by atoms with van der Waals surface area (Å²) < 4.78 is 0. The van der Waals surface area contributed by atoms with Gasteiger partial charge in [0, 0.05) is 26.2 Å². The molecule has 0 saturated heterocycles. The Morgan fingerprint density at radius 1 is 0.913 bits per heavy atom. The highest BCUT2D eigenvalue weighted by atomic mass is 15.1. The molecule has 0 aromatic heterocycles. The second-order valence-electron chi connectivity index (χ2n) is 6.04. The molecule has 0 bridgehead atoms. The highest BCUT2D eigenvalue weighted by Gasteiger charge is 2.09. The van der Waals surface area contributed by atoms with Crippen molar-refractivity contribution >= 4 is 0 Å². The minimum atomic E-state index is 0.897. The average molecular weight is 308 g/mol. The first kappa shape index (κ1) is 17.5. The summed E-state index contributed by atoms with van der Waals surface area (Å²) in [5, 5.41) is 3.44. The van der Waals surface area contributed by atoms with Crippen molar-refractivity contribution in [1.29, 1.82) is 0 Å². The second kappa shape index (κ2) is 9.98. The Bertz CT molecular complexity index is 521. The third-order valence-corrected chi connectivity index (χ3v) is 3.75. The van der Waals surface area contributed by atoms with Crippen molar-refractivity contribution in [3.8, 4) is 0 Å². The van der Waals surface area contributed by atoms with Gasteiger partial charge in [-0.15, -0.1) is 0 Å². The fraction of sp³-hybridized carbons (Fsp3) is 0.333. The van der Waals surface area contributed by atoms with Crippen LogP contribution < -0.4 is 5.32 Å². The molecule has 1 N–H and O–H groups in total. The zero-order valence-electron chi connectivity index (χ0n) is 14.2. The van der Waals surface area contributed by atoms with Gasteiger partial charge in [0.15, 0.2) is 0 Å². The van der Waals surface area contributed by atoms with Crippen molar-refractivity contribution in [2.24, 2.45) is 0 Å². The summed E-state index contributed by atoms with van der Waals surface area (Å²) in [7, 11) is 0. The van der Waals surface area contributed by atoms with Crippen LogP contribution in [0.3, 0.4) is 0 Å². The van der Waals surface area contributed by atoms with E-state index in [9.17, 15) is 0 Å². The maximum absolute atomic E-state index is 4.25. The van der Waals surface area contributed by atoms with Crippen molar-refractivity contribution < 1.29 is 0 Å². The summed E-state index contributed by atoms with van der Waals surface area (Å²) in [5.74, 6) is 0. The number of hydrogen-bond donors (Lipinski definition) is 1. The number of nitrogens with one attached hydrogen (secondary N) is 1. The normalized spacial score (nSPS) is 10.9. The van der Waals surface area contributed by atoms with Crippen LogP contribution in [-0.4, -0.2) is 24.5 Å². The van der Waals surface area contributed by atoms with Gasteiger partial charge >= 0.3 is 0 Å². The third-order valence-electron chi connectivity index (χ3n) is 3.75. The Morgan fingerprint density at radius 2 is 1.43 bits per heavy atom. The van der Waals surface area contributed by atoms with Gasteiger partial charge in [-0.1, -0.05) is 74.2 Å². The molecule has 0 aliphatic heterocycles. The largest absolute Gasteiger partial charge is 0.313 e. The summed E-state index contributed by atoms with van der Waals surface area (Å²) >= 11 is 0. The number of rotatable bonds is 10. The predicted octanol–water partition coefficient (Wildman–Crippen LogP) is 4.24. The van der Waals surface area contributed by atoms with Gasteiger partial charge in [-0.25, -0.2) is 0 Å². The zero-order valence-corrected chi connectivity index (χ0v) is 14.2. The highest BCUT2D eigenvalue weighted by Crippen LogP contribution is 2.11. The number of benzene rings is 2. The van der Waals surface area contributed by atoms with Gasteiger partial charge in [0.1, 0.15) is 0 Å². The molecule has 2 nitrogen and oxygen atoms in total. The van der Waals surface area contributed by atoms with Gasteiger partial charge in [-0.05, 0) is 29.7 Å². The van der Waals surface area contributed by atoms with E-state index in [-0.39, 0.29) is 0 Å². The van der Waals surface area contributed by atoms with E-state index in [1.54, 1.807) is 0 Å². The zero-order chi connectivity index (χ0) is 16.3. The molecule has 0 amide bonds. The van der Waals surface area contributed by atoms with Crippen LogP contribution in [-0.2, 0) is 13.1 Å². The van der Waals surface area contributed by atoms with Gasteiger partial charge < -0.3 is 5.32 Å². The maximum Gasteiger partial charge on any atom is 0.0240 e. The topological polar surface area (TPSA) is 15.3 Å². The Labute approximate surface area is 140 Å². The SMILES string of the molecule is C=C(CNCCC)CN(Cc1ccccc1)Cc1ccccc1. The van der Waals surface area contributed by atoms with Crippen LogP contribution in [0, 0.1) is 0 Å². The number of hydrogen-bond acceptors (Lipinski definition) is 2. The molecule has 0 aliphatic rings. The first-order chi connectivity index (χ1) is 11.3. The first-order valence-electron chi connectivity index (χ1n) is 8.45. The van der Waals surface area contributed by atoms with Crippen LogP contribution in [0.25, 0.3) is 0 Å². The molecule has 0 radical (unpaired) electrons. The fourth-order valence-corrected chi connectivity index (χ4v) is 2.67. The molecule has 0 atom stereocenters. The van der Waals surface area contributed by atoms with Crippen molar-refractivity contribution in [3.63, 3.8) is 0 Å². The lowest BCUT2D eigenvalue weighted by Gasteiger charge is -2.24. The van der Waals surface area contributed by atoms with Gasteiger partial charge in [0.25, 0.3) is 0 Å². The molecule has 0 saturated carbocycles. The van der Waals surface area contributed by atoms with Crippen LogP contribution in [0.1, 0.15) is 24.5 Å². The van der Waals surface area contributed by atoms with E-state index in [0.29, 0.717) is 0 Å². The highest BCUT2D eigenvalue weighted by molar-refractivity contribution is 5.18. The lowest BCUT2D eigenvalue weighted by molar-refractivity contribution is 0.277. The minimum absolute atomic E-state index is 0.897. The van der Waals surface area contributed by atoms with E-state index < -0.39 is 0 Å². The van der Waals surface area contributed by atoms with Crippen LogP contribution in [0.2, 0.25) is 0 Å². The van der Waals surface area contributed by atoms with Gasteiger partial charge in [0.05, 0.1) is 0 Å². The molecule has 0 spiro atoms. The van der Waals surface area contributed by atoms with E-state index in [1.807, 2.05) is 0 Å². The van der Waals surface area contributed by atoms with Crippen LogP contribution >= 0.6 is 0 Å². The van der Waals surface area contributed by atoms with Gasteiger partial charge in [-0.3, -0.25) is 4.90 Å². The molecule has 2 rings (SSSR count). The standard InChI is InChI=1S/C21H28N2/c1-3-14-22-15-19(2)16-23(17-20-10-6-4-7-11-20)18-21-12-8-5-9-13-21/h4-13,22H,2-3,14-18H2,1H3. The van der Waals surface area contributed by atoms with Crippen molar-refractivity contribution in [2.75, 3.05) is 19.6 Å². The van der Waals surface area contributed by atoms with Crippen LogP contribution in [0.15, 0.2) is 72.8 Å². The van der Waals surface area contributed by atoms with E-state index in [0.717, 1.165) is 39.1 Å². The molecule has 2 heteroatoms. The minimum Gasteiger partial charge on any atom is -0.313 e. The van der Waals surface area contributed by atoms with E-state index in [4.69, 9.17) is 0 Å². The van der Waals surface area contributed by atoms with E-state index in [2.05, 4.69) is 84.4 Å². The van der Waals surface area contributed by atoms with Gasteiger partial charge in [-0.2, -0.15) is 0 Å². The maximum atomic E-state index is 4.25. The van der Waals surface area contributed by atoms with E-state index >= 15 is 0 Å². The van der Waals surface area contributed by atoms with Crippen LogP contribution in [0.4, 0.5) is 0 Å². The smallest absolute Gasteiger partial charge is 0.0240 e. The Kier molecular flexibility index (Phi) is 7.58. The molecule has 122 valence electrons. The third kappa shape index (κ3) is 6.81. The molecule has 0 aliphatic carbocycles. The Hall–Kier alpha value is -1.90. The quantitative estimate of drug-likeness (QED) is 0.521. The molecular formula is C21H28N2. The molecule has 0 fully saturated rings. The summed E-state index contributed by atoms with van der Waals surface area (Å²) in [6.07, 6.45) is 1.16. The van der Waals surface area contributed by atoms with Gasteiger partial charge in [0.2, 0.25) is 0 Å². The molecule has 2 aromatic rings. The van der Waals surface area contributed by atoms with Crippen molar-refractivity contribution in [1.82, 2.24) is 10.2 Å². The lowest BCUT2D eigenvalue weighted by Crippen LogP contribution is -2.29. The number of nitrogens with zero attached hydrogens (tertiary/aromatic N) is 1. The summed E-state index contributed by atoms with van der Waals surface area (Å²) in [4.78, 5) is 2.46. The lowest BCUT2D eigenvalue weighted by atomic mass is 10.1. The Balaban J connectivity index is 1.97. The molecule has 0 heterocycles. The van der Waals surface area contributed by atoms with E-state index in [1.165, 1.54) is 16.7 Å². The molecule has 0 unspecified atom stereocenters. The summed E-state index contributed by atoms with van der Waals surface area (Å²) in [6.45, 7) is 11.2. The van der Waals surface area contributed by atoms with Crippen molar-refractivity contribution in [3.05, 3.63) is 83.9 Å². The first-order valence-corrected chi connectivity index (χ1v) is 8.45. The monoisotopic (exact) mass is 308 g/mol. The predicted molar refractivity (Wildman–Crippen MR) is 99.3 cm³/mol. The molecule has 2 aromatic carbocycles. The fourth-order valence-electron chi connectivity index (χ4n) is 2.67. The summed E-state index contributed by atoms with van der Waals surface area (Å²) in [6, 6.07) is 21.3. The Morgan fingerprint density at radius 3 is 1.91 bits per heavy atom. The molecular weight excluding hydrogens is 280 g/mol.